The van der Waals surface area contributed by atoms with Gasteiger partial charge in [0.2, 0.25) is 11.7 Å². The van der Waals surface area contributed by atoms with Gasteiger partial charge < -0.3 is 35.6 Å². The predicted octanol–water partition coefficient (Wildman–Crippen LogP) is -2.68. The quantitative estimate of drug-likeness (QED) is 0.310. The molecule has 0 spiro atoms. The Morgan fingerprint density at radius 3 is 2.52 bits per heavy atom. The lowest BCUT2D eigenvalue weighted by Crippen LogP contribution is -2.60. The molecule has 0 saturated heterocycles. The molecule has 5 atom stereocenters. The molecule has 0 unspecified atom stereocenters. The Kier molecular flexibility index (Phi) is 6.09. The van der Waals surface area contributed by atoms with Crippen molar-refractivity contribution in [3.63, 3.8) is 0 Å². The zero-order valence-electron chi connectivity index (χ0n) is 11.3. The van der Waals surface area contributed by atoms with Gasteiger partial charge in [0.1, 0.15) is 18.3 Å². The first kappa shape index (κ1) is 17.4. The second-order valence-corrected chi connectivity index (χ2v) is 4.60. The van der Waals surface area contributed by atoms with Gasteiger partial charge in [0, 0.05) is 6.42 Å². The van der Waals surface area contributed by atoms with E-state index in [0.29, 0.717) is 0 Å². The van der Waals surface area contributed by atoms with Crippen molar-refractivity contribution in [1.29, 1.82) is 0 Å². The van der Waals surface area contributed by atoms with Gasteiger partial charge in [-0.25, -0.2) is 4.79 Å². The summed E-state index contributed by atoms with van der Waals surface area (Å²) in [5, 5.41) is 49.4. The Hall–Kier alpha value is -1.68. The summed E-state index contributed by atoms with van der Waals surface area (Å²) < 4.78 is 5.03. The summed E-state index contributed by atoms with van der Waals surface area (Å²) in [7, 11) is 0. The van der Waals surface area contributed by atoms with Gasteiger partial charge in [-0.2, -0.15) is 0 Å². The molecule has 0 aromatic heterocycles. The first-order valence-electron chi connectivity index (χ1n) is 6.38. The van der Waals surface area contributed by atoms with Crippen molar-refractivity contribution in [1.82, 2.24) is 5.32 Å². The van der Waals surface area contributed by atoms with E-state index in [2.05, 4.69) is 5.32 Å². The standard InChI is InChI=1S/C12H19NO8/c1-2-8(17)13-9-5(15)3-7(12(19)20)21-11(9)10(18)6(16)4-14/h3,5-6,9-11,14-16,18H,2,4H2,1H3,(H,13,17)(H,19,20)/t5-,6+,9+,10+,11+/m0/s1. The highest BCUT2D eigenvalue weighted by Gasteiger charge is 2.43. The lowest BCUT2D eigenvalue weighted by molar-refractivity contribution is -0.149. The smallest absolute Gasteiger partial charge is 0.370 e. The molecule has 1 aliphatic heterocycles. The Morgan fingerprint density at radius 1 is 1.43 bits per heavy atom. The fourth-order valence-electron chi connectivity index (χ4n) is 1.90. The molecule has 120 valence electrons. The molecule has 9 heteroatoms. The van der Waals surface area contributed by atoms with Crippen LogP contribution >= 0.6 is 0 Å². The number of carbonyl (C=O) groups is 2. The van der Waals surface area contributed by atoms with Crippen LogP contribution in [-0.2, 0) is 14.3 Å². The first-order valence-corrected chi connectivity index (χ1v) is 6.38. The second kappa shape index (κ2) is 7.36. The maximum atomic E-state index is 11.4. The number of hydrogen-bond donors (Lipinski definition) is 6. The summed E-state index contributed by atoms with van der Waals surface area (Å²) in [5.74, 6) is -2.53. The van der Waals surface area contributed by atoms with Gasteiger partial charge in [0.15, 0.2) is 6.10 Å². The molecule has 1 heterocycles. The number of carbonyl (C=O) groups excluding carboxylic acids is 1. The average Bonchev–Trinajstić information content (AvgIpc) is 2.46. The average molecular weight is 305 g/mol. The van der Waals surface area contributed by atoms with E-state index < -0.39 is 54.7 Å². The minimum absolute atomic E-state index is 0.101. The van der Waals surface area contributed by atoms with E-state index in [1.807, 2.05) is 0 Å². The van der Waals surface area contributed by atoms with Gasteiger partial charge in [-0.05, 0) is 6.08 Å². The van der Waals surface area contributed by atoms with Crippen molar-refractivity contribution in [2.75, 3.05) is 6.61 Å². The van der Waals surface area contributed by atoms with Gasteiger partial charge in [-0.15, -0.1) is 0 Å². The highest BCUT2D eigenvalue weighted by molar-refractivity contribution is 5.84. The molecule has 9 nitrogen and oxygen atoms in total. The van der Waals surface area contributed by atoms with Crippen LogP contribution in [0.5, 0.6) is 0 Å². The number of aliphatic hydroxyl groups is 4. The third-order valence-electron chi connectivity index (χ3n) is 3.08. The van der Waals surface area contributed by atoms with Crippen LogP contribution in [-0.4, -0.2) is 74.5 Å². The summed E-state index contributed by atoms with van der Waals surface area (Å²) in [4.78, 5) is 22.3. The molecule has 6 N–H and O–H groups in total. The monoisotopic (exact) mass is 305 g/mol. The van der Waals surface area contributed by atoms with Crippen LogP contribution in [0.1, 0.15) is 13.3 Å². The van der Waals surface area contributed by atoms with Gasteiger partial charge in [0.25, 0.3) is 0 Å². The molecule has 1 amide bonds. The summed E-state index contributed by atoms with van der Waals surface area (Å²) in [5.41, 5.74) is 0. The molecular weight excluding hydrogens is 286 g/mol. The number of nitrogens with one attached hydrogen (secondary N) is 1. The number of aliphatic hydroxyl groups excluding tert-OH is 4. The van der Waals surface area contributed by atoms with Crippen LogP contribution in [0.4, 0.5) is 0 Å². The van der Waals surface area contributed by atoms with Crippen molar-refractivity contribution >= 4 is 11.9 Å². The maximum absolute atomic E-state index is 11.4. The van der Waals surface area contributed by atoms with Crippen LogP contribution in [0.15, 0.2) is 11.8 Å². The summed E-state index contributed by atoms with van der Waals surface area (Å²) in [6.45, 7) is 0.773. The van der Waals surface area contributed by atoms with Gasteiger partial charge in [-0.3, -0.25) is 4.79 Å². The van der Waals surface area contributed by atoms with Crippen molar-refractivity contribution in [2.45, 2.75) is 43.8 Å². The molecule has 0 bridgehead atoms. The van der Waals surface area contributed by atoms with E-state index in [9.17, 15) is 24.9 Å². The fourth-order valence-corrected chi connectivity index (χ4v) is 1.90. The Labute approximate surface area is 120 Å². The molecule has 0 aromatic rings. The van der Waals surface area contributed by atoms with Crippen LogP contribution in [0, 0.1) is 0 Å². The number of amides is 1. The van der Waals surface area contributed by atoms with Crippen molar-refractivity contribution in [3.05, 3.63) is 11.8 Å². The minimum atomic E-state index is -1.70. The van der Waals surface area contributed by atoms with E-state index in [0.717, 1.165) is 6.08 Å². The third kappa shape index (κ3) is 4.14. The fraction of sp³-hybridized carbons (Fsp3) is 0.667. The first-order chi connectivity index (χ1) is 9.81. The SMILES string of the molecule is CCC(=O)N[C@H]1[C@H]([C@H](O)[C@H](O)CO)OC(C(=O)O)=C[C@@H]1O. The number of hydrogen-bond acceptors (Lipinski definition) is 7. The van der Waals surface area contributed by atoms with Crippen molar-refractivity contribution in [3.8, 4) is 0 Å². The maximum Gasteiger partial charge on any atom is 0.370 e. The highest BCUT2D eigenvalue weighted by Crippen LogP contribution is 2.23. The molecule has 0 aromatic carbocycles. The lowest BCUT2D eigenvalue weighted by atomic mass is 9.93. The molecule has 0 aliphatic carbocycles. The van der Waals surface area contributed by atoms with Crippen LogP contribution < -0.4 is 5.32 Å². The predicted molar refractivity (Wildman–Crippen MR) is 67.9 cm³/mol. The molecule has 1 rings (SSSR count). The minimum Gasteiger partial charge on any atom is -0.478 e. The Morgan fingerprint density at radius 2 is 2.05 bits per heavy atom. The summed E-state index contributed by atoms with van der Waals surface area (Å²) >= 11 is 0. The number of carboxylic acids is 1. The summed E-state index contributed by atoms with van der Waals surface area (Å²) in [6.07, 6.45) is -5.17. The molecule has 0 radical (unpaired) electrons. The van der Waals surface area contributed by atoms with E-state index in [1.165, 1.54) is 0 Å². The number of aliphatic carboxylic acids is 1. The van der Waals surface area contributed by atoms with E-state index in [1.54, 1.807) is 6.92 Å². The van der Waals surface area contributed by atoms with Crippen LogP contribution in [0.25, 0.3) is 0 Å². The Bertz CT molecular complexity index is 423. The largest absolute Gasteiger partial charge is 0.478 e. The molecule has 1 aliphatic rings. The van der Waals surface area contributed by atoms with Crippen LogP contribution in [0.2, 0.25) is 0 Å². The second-order valence-electron chi connectivity index (χ2n) is 4.60. The molecule has 0 saturated carbocycles. The van der Waals surface area contributed by atoms with E-state index >= 15 is 0 Å². The van der Waals surface area contributed by atoms with E-state index in [-0.39, 0.29) is 6.42 Å². The van der Waals surface area contributed by atoms with Crippen molar-refractivity contribution in [2.24, 2.45) is 0 Å². The number of rotatable bonds is 6. The highest BCUT2D eigenvalue weighted by atomic mass is 16.5. The Balaban J connectivity index is 3.04. The molecule has 0 fully saturated rings. The van der Waals surface area contributed by atoms with Gasteiger partial charge in [0.05, 0.1) is 12.6 Å². The lowest BCUT2D eigenvalue weighted by Gasteiger charge is -2.38. The van der Waals surface area contributed by atoms with Crippen LogP contribution in [0.3, 0.4) is 0 Å². The third-order valence-corrected chi connectivity index (χ3v) is 3.08. The van der Waals surface area contributed by atoms with Crippen molar-refractivity contribution < 1.29 is 39.9 Å². The molecular formula is C12H19NO8. The normalized spacial score (nSPS) is 28.0. The number of ether oxygens (including phenoxy) is 1. The topological polar surface area (TPSA) is 157 Å². The summed E-state index contributed by atoms with van der Waals surface area (Å²) in [6, 6.07) is -1.16. The van der Waals surface area contributed by atoms with Gasteiger partial charge >= 0.3 is 5.97 Å². The zero-order chi connectivity index (χ0) is 16.2. The van der Waals surface area contributed by atoms with E-state index in [4.69, 9.17) is 14.9 Å². The molecule has 21 heavy (non-hydrogen) atoms. The van der Waals surface area contributed by atoms with Gasteiger partial charge in [-0.1, -0.05) is 6.92 Å². The number of carboxylic acid groups (broad SMARTS) is 1. The zero-order valence-corrected chi connectivity index (χ0v) is 11.3.